The number of nitrogens with zero attached hydrogens (tertiary/aromatic N) is 11. The molecule has 28 heteroatoms. The maximum absolute atomic E-state index is 13.0. The summed E-state index contributed by atoms with van der Waals surface area (Å²) in [4.78, 5) is 109. The zero-order valence-corrected chi connectivity index (χ0v) is 52.9. The fraction of sp³-hybridized carbons (Fsp3) is 0.304. The molecule has 4 aliphatic heterocycles. The van der Waals surface area contributed by atoms with Crippen LogP contribution in [-0.2, 0) is 61.2 Å². The third-order valence-corrected chi connectivity index (χ3v) is 16.4. The molecule has 9 aromatic rings. The van der Waals surface area contributed by atoms with E-state index in [1.807, 2.05) is 92.6 Å². The van der Waals surface area contributed by atoms with Gasteiger partial charge in [-0.25, -0.2) is 24.5 Å². The van der Waals surface area contributed by atoms with Gasteiger partial charge in [0.05, 0.1) is 71.1 Å². The highest BCUT2D eigenvalue weighted by Gasteiger charge is 2.28. The lowest BCUT2D eigenvalue weighted by Crippen LogP contribution is -2.41. The molecule has 28 nitrogen and oxygen atoms in total. The number of aliphatic hydroxyl groups is 3. The van der Waals surface area contributed by atoms with Gasteiger partial charge >= 0.3 is 12.2 Å². The third-order valence-electron chi connectivity index (χ3n) is 16.4. The van der Waals surface area contributed by atoms with Crippen LogP contribution in [0.2, 0.25) is 0 Å². The fourth-order valence-electron chi connectivity index (χ4n) is 11.6. The molecule has 7 heterocycles. The second kappa shape index (κ2) is 31.2. The predicted molar refractivity (Wildman–Crippen MR) is 360 cm³/mol. The molecule has 3 fully saturated rings. The summed E-state index contributed by atoms with van der Waals surface area (Å²) in [6.45, 7) is 4.86. The molecule has 3 aromatic heterocycles. The Morgan fingerprint density at radius 2 is 1.05 bits per heavy atom. The van der Waals surface area contributed by atoms with Crippen LogP contribution >= 0.6 is 0 Å². The highest BCUT2D eigenvalue weighted by atomic mass is 16.6. The first-order valence-corrected chi connectivity index (χ1v) is 31.8. The molecule has 97 heavy (non-hydrogen) atoms. The van der Waals surface area contributed by atoms with Crippen molar-refractivity contribution in [2.24, 2.45) is 10.7 Å². The van der Waals surface area contributed by atoms with Crippen molar-refractivity contribution in [1.82, 2.24) is 28.7 Å². The van der Waals surface area contributed by atoms with Crippen LogP contribution in [0.1, 0.15) is 81.5 Å². The number of primary amides is 1. The maximum atomic E-state index is 13.0. The van der Waals surface area contributed by atoms with Gasteiger partial charge in [0.15, 0.2) is 0 Å². The van der Waals surface area contributed by atoms with Gasteiger partial charge in [0, 0.05) is 99.3 Å². The number of nitriles is 1. The van der Waals surface area contributed by atoms with Gasteiger partial charge in [-0.05, 0) is 135 Å². The largest absolute Gasteiger partial charge is 0.449 e. The van der Waals surface area contributed by atoms with E-state index in [1.54, 1.807) is 63.2 Å². The minimum Gasteiger partial charge on any atom is -0.449 e. The molecular weight excluding hydrogens is 1250 g/mol. The number of aliphatic hydroxyl groups excluding tert-OH is 3. The van der Waals surface area contributed by atoms with E-state index < -0.39 is 24.0 Å². The summed E-state index contributed by atoms with van der Waals surface area (Å²) in [5.74, 6) is -0.496. The lowest BCUT2D eigenvalue weighted by Gasteiger charge is -2.26. The molecule has 3 saturated heterocycles. The number of cyclic esters (lactones) is 2. The van der Waals surface area contributed by atoms with Gasteiger partial charge in [-0.1, -0.05) is 42.5 Å². The number of morpholine rings is 1. The van der Waals surface area contributed by atoms with Gasteiger partial charge in [-0.15, -0.1) is 0 Å². The van der Waals surface area contributed by atoms with Crippen molar-refractivity contribution in [1.29, 1.82) is 5.26 Å². The van der Waals surface area contributed by atoms with Crippen LogP contribution in [0.4, 0.5) is 44.5 Å². The van der Waals surface area contributed by atoms with E-state index in [4.69, 9.17) is 25.2 Å². The van der Waals surface area contributed by atoms with Crippen molar-refractivity contribution in [3.8, 4) is 6.07 Å². The van der Waals surface area contributed by atoms with Crippen molar-refractivity contribution >= 4 is 115 Å². The van der Waals surface area contributed by atoms with E-state index in [2.05, 4.69) is 35.9 Å². The summed E-state index contributed by atoms with van der Waals surface area (Å²) < 4.78 is 21.0. The molecule has 0 saturated carbocycles. The maximum Gasteiger partial charge on any atom is 0.414 e. The number of aliphatic imine (C=N–C) groups is 1. The molecule has 0 radical (unpaired) electrons. The summed E-state index contributed by atoms with van der Waals surface area (Å²) in [6, 6.07) is 39.6. The minimum atomic E-state index is -0.398. The Hall–Kier alpha value is -11.4. The molecule has 7 amide bonds. The Bertz CT molecular complexity index is 4530. The number of imidazole rings is 3. The molecule has 13 rings (SSSR count). The first-order valence-electron chi connectivity index (χ1n) is 31.8. The predicted octanol–water partition coefficient (Wildman–Crippen LogP) is 7.05. The number of nitrogens with two attached hydrogens (primary N) is 1. The monoisotopic (exact) mass is 1320 g/mol. The number of rotatable bonds is 21. The Kier molecular flexibility index (Phi) is 21.6. The number of benzene rings is 6. The average molecular weight is 1320 g/mol. The number of hydrogen-bond donors (Lipinski definition) is 7. The van der Waals surface area contributed by atoms with E-state index in [-0.39, 0.29) is 50.6 Å². The molecule has 0 bridgehead atoms. The van der Waals surface area contributed by atoms with E-state index >= 15 is 0 Å². The molecular formula is C69H71N15O13. The second-order valence-corrected chi connectivity index (χ2v) is 22.9. The molecule has 0 aliphatic carbocycles. The number of ether oxygens (including phenoxy) is 3. The summed E-state index contributed by atoms with van der Waals surface area (Å²) in [5, 5.41) is 45.6. The number of amides is 7. The molecule has 0 unspecified atom stereocenters. The average Bonchev–Trinajstić information content (AvgIpc) is 1.66. The van der Waals surface area contributed by atoms with Crippen LogP contribution in [-0.4, -0.2) is 157 Å². The van der Waals surface area contributed by atoms with E-state index in [0.29, 0.717) is 159 Å². The second-order valence-electron chi connectivity index (χ2n) is 22.9. The van der Waals surface area contributed by atoms with Crippen molar-refractivity contribution < 1.29 is 63.1 Å². The molecule has 6 aromatic carbocycles. The summed E-state index contributed by atoms with van der Waals surface area (Å²) >= 11 is 0. The number of anilines is 6. The topological polar surface area (TPSA) is 369 Å². The van der Waals surface area contributed by atoms with E-state index in [1.165, 1.54) is 6.07 Å². The van der Waals surface area contributed by atoms with E-state index in [0.717, 1.165) is 51.8 Å². The zero-order chi connectivity index (χ0) is 68.0. The fourth-order valence-corrected chi connectivity index (χ4v) is 11.6. The Morgan fingerprint density at radius 1 is 0.557 bits per heavy atom. The normalized spacial score (nSPS) is 14.4. The van der Waals surface area contributed by atoms with Gasteiger partial charge in [-0.2, -0.15) is 5.26 Å². The first-order chi connectivity index (χ1) is 47.2. The SMILES string of the molecule is N#Cc1cccc(C(=O)Nc2nc3cc(N4CCCOC4=O)ccc3n2CCCO)c1.NC(=O)CCc1cccc(C(=O)Nc2nc3cc(N4CCCOC4=O)ccc3n2CCCO)c1.O=C(Nc1nc2cc(N3CCOCC3=O)ccc2n1CCCO)C1=NCc2ccccc21. The number of carbonyl (C=O) groups excluding carboxylic acids is 7. The standard InChI is InChI=1S/C24H27N5O5.C23H23N5O4.C22H21N5O4/c25-21(31)9-6-16-4-1-5-17(14-16)22(32)27-23-26-19-15-18(28-11-3-13-34-24(28)33)7-8-20(19)29(23)10-2-12-30;29-10-3-8-28-19-7-6-16(27-9-11-32-14-20(27)30)12-18(19)25-23(28)26-22(31)21-17-5-2-1-4-15(17)13-24-21;23-14-15-4-1-5-16(12-15)20(29)25-21-24-18-13-17(26-9-3-11-31-22(26)30)6-7-19(18)27(21)8-2-10-28/h1,4-5,7-8,14-15,30H,2-3,6,9-13H2,(H2,25,31)(H,26,27,32);1-2,4-7,12,29H,3,8-11,13-14H2,(H,25,26,31);1,4-7,12-13,28H,2-3,8-11H2,(H,24,25,29). The van der Waals surface area contributed by atoms with Crippen molar-refractivity contribution in [2.75, 3.05) is 96.5 Å². The van der Waals surface area contributed by atoms with E-state index in [9.17, 15) is 48.9 Å². The molecule has 0 atom stereocenters. The number of hydrogen-bond acceptors (Lipinski definition) is 18. The Morgan fingerprint density at radius 3 is 1.55 bits per heavy atom. The first kappa shape index (κ1) is 67.1. The van der Waals surface area contributed by atoms with Crippen molar-refractivity contribution in [2.45, 2.75) is 71.1 Å². The highest BCUT2D eigenvalue weighted by molar-refractivity contribution is 6.49. The Balaban J connectivity index is 0.000000148. The van der Waals surface area contributed by atoms with Crippen LogP contribution < -0.4 is 36.4 Å². The van der Waals surface area contributed by atoms with Gasteiger partial charge in [-0.3, -0.25) is 54.7 Å². The number of aromatic nitrogens is 6. The molecule has 0 spiro atoms. The summed E-state index contributed by atoms with van der Waals surface area (Å²) in [6.07, 6.45) is 2.84. The van der Waals surface area contributed by atoms with Gasteiger partial charge in [0.2, 0.25) is 23.8 Å². The highest BCUT2D eigenvalue weighted by Crippen LogP contribution is 2.32. The van der Waals surface area contributed by atoms with Crippen LogP contribution in [0.5, 0.6) is 0 Å². The number of fused-ring (bicyclic) bond motifs is 4. The van der Waals surface area contributed by atoms with Crippen molar-refractivity contribution in [3.05, 3.63) is 161 Å². The van der Waals surface area contributed by atoms with Gasteiger partial charge < -0.3 is 53.9 Å². The quantitative estimate of drug-likeness (QED) is 0.0379. The smallest absolute Gasteiger partial charge is 0.414 e. The van der Waals surface area contributed by atoms with Crippen LogP contribution in [0, 0.1) is 11.3 Å². The number of aryl methyl sites for hydroxylation is 4. The summed E-state index contributed by atoms with van der Waals surface area (Å²) in [5.41, 5.74) is 15.8. The molecule has 500 valence electrons. The molecule has 8 N–H and O–H groups in total. The third kappa shape index (κ3) is 15.7. The number of nitrogens with one attached hydrogen (secondary N) is 3. The van der Waals surface area contributed by atoms with Gasteiger partial charge in [0.1, 0.15) is 12.3 Å². The zero-order valence-electron chi connectivity index (χ0n) is 52.9. The van der Waals surface area contributed by atoms with Crippen LogP contribution in [0.15, 0.2) is 132 Å². The minimum absolute atomic E-state index is 0.00498. The van der Waals surface area contributed by atoms with Crippen LogP contribution in [0.25, 0.3) is 33.1 Å². The molecule has 4 aliphatic rings. The number of carbonyl (C=O) groups is 7. The Labute approximate surface area is 555 Å². The van der Waals surface area contributed by atoms with Crippen LogP contribution in [0.3, 0.4) is 0 Å². The summed E-state index contributed by atoms with van der Waals surface area (Å²) in [7, 11) is 0. The lowest BCUT2D eigenvalue weighted by atomic mass is 10.1. The lowest BCUT2D eigenvalue weighted by molar-refractivity contribution is -0.125. The van der Waals surface area contributed by atoms with Crippen molar-refractivity contribution in [3.63, 3.8) is 0 Å². The van der Waals surface area contributed by atoms with Gasteiger partial charge in [0.25, 0.3) is 23.6 Å².